The van der Waals surface area contributed by atoms with Crippen molar-refractivity contribution in [3.63, 3.8) is 0 Å². The number of likely N-dealkylation sites (tertiary alicyclic amines) is 1. The van der Waals surface area contributed by atoms with E-state index in [-0.39, 0.29) is 31.1 Å². The van der Waals surface area contributed by atoms with Gasteiger partial charge in [0.05, 0.1) is 6.42 Å². The highest BCUT2D eigenvalue weighted by atomic mass is 16.6. The number of ether oxygens (including phenoxy) is 2. The van der Waals surface area contributed by atoms with Crippen molar-refractivity contribution in [1.29, 1.82) is 0 Å². The zero-order valence-corrected chi connectivity index (χ0v) is 12.0. The quantitative estimate of drug-likeness (QED) is 0.581. The lowest BCUT2D eigenvalue weighted by Crippen LogP contribution is -2.40. The van der Waals surface area contributed by atoms with Gasteiger partial charge in [0.2, 0.25) is 0 Å². The van der Waals surface area contributed by atoms with Crippen LogP contribution in [0.15, 0.2) is 12.7 Å². The number of nitrogens with zero attached hydrogens (tertiary/aromatic N) is 1. The molecule has 1 fully saturated rings. The summed E-state index contributed by atoms with van der Waals surface area (Å²) in [4.78, 5) is 25.2. The highest BCUT2D eigenvalue weighted by Crippen LogP contribution is 2.23. The van der Waals surface area contributed by atoms with Gasteiger partial charge < -0.3 is 14.4 Å². The summed E-state index contributed by atoms with van der Waals surface area (Å²) in [7, 11) is 0. The van der Waals surface area contributed by atoms with E-state index in [1.165, 1.54) is 6.08 Å². The SMILES string of the molecule is C=CCOC(=O)C[C@H]1CCCN1C(=O)OC(C)(C)C. The first-order valence-corrected chi connectivity index (χ1v) is 6.59. The summed E-state index contributed by atoms with van der Waals surface area (Å²) in [5.41, 5.74) is -0.520. The molecule has 1 heterocycles. The lowest BCUT2D eigenvalue weighted by Gasteiger charge is -2.28. The molecule has 5 nitrogen and oxygen atoms in total. The molecule has 0 aliphatic carbocycles. The Bertz CT molecular complexity index is 346. The number of rotatable bonds is 4. The smallest absolute Gasteiger partial charge is 0.410 e. The molecule has 0 aromatic heterocycles. The Labute approximate surface area is 114 Å². The molecule has 0 spiro atoms. The standard InChI is InChI=1S/C14H23NO4/c1-5-9-18-12(16)10-11-7-6-8-15(11)13(17)19-14(2,3)4/h5,11H,1,6-10H2,2-4H3/t11-/m1/s1. The lowest BCUT2D eigenvalue weighted by molar-refractivity contribution is -0.143. The van der Waals surface area contributed by atoms with E-state index in [0.29, 0.717) is 6.54 Å². The van der Waals surface area contributed by atoms with E-state index >= 15 is 0 Å². The molecule has 19 heavy (non-hydrogen) atoms. The first-order chi connectivity index (χ1) is 8.83. The highest BCUT2D eigenvalue weighted by Gasteiger charge is 2.33. The summed E-state index contributed by atoms with van der Waals surface area (Å²) in [6, 6.07) is -0.118. The summed E-state index contributed by atoms with van der Waals surface area (Å²) in [6.07, 6.45) is 3.08. The predicted molar refractivity (Wildman–Crippen MR) is 71.7 cm³/mol. The van der Waals surface area contributed by atoms with Crippen LogP contribution in [0.3, 0.4) is 0 Å². The predicted octanol–water partition coefficient (Wildman–Crippen LogP) is 2.51. The number of amides is 1. The molecular formula is C14H23NO4. The molecule has 0 bridgehead atoms. The van der Waals surface area contributed by atoms with Gasteiger partial charge in [-0.3, -0.25) is 4.79 Å². The van der Waals surface area contributed by atoms with E-state index in [0.717, 1.165) is 12.8 Å². The monoisotopic (exact) mass is 269 g/mol. The molecule has 1 amide bonds. The maximum Gasteiger partial charge on any atom is 0.410 e. The minimum Gasteiger partial charge on any atom is -0.461 e. The summed E-state index contributed by atoms with van der Waals surface area (Å²) in [6.45, 7) is 9.81. The molecule has 5 heteroatoms. The Morgan fingerprint density at radius 3 is 2.68 bits per heavy atom. The molecule has 0 aromatic rings. The van der Waals surface area contributed by atoms with Crippen LogP contribution in [0.1, 0.15) is 40.0 Å². The van der Waals surface area contributed by atoms with Crippen LogP contribution in [0, 0.1) is 0 Å². The average molecular weight is 269 g/mol. The number of hydrogen-bond donors (Lipinski definition) is 0. The van der Waals surface area contributed by atoms with E-state index in [4.69, 9.17) is 9.47 Å². The maximum atomic E-state index is 12.0. The van der Waals surface area contributed by atoms with E-state index in [2.05, 4.69) is 6.58 Å². The van der Waals surface area contributed by atoms with Gasteiger partial charge in [-0.1, -0.05) is 12.7 Å². The van der Waals surface area contributed by atoms with Crippen molar-refractivity contribution in [2.45, 2.75) is 51.7 Å². The van der Waals surface area contributed by atoms with Crippen LogP contribution in [0.2, 0.25) is 0 Å². The molecule has 0 aromatic carbocycles. The van der Waals surface area contributed by atoms with Crippen molar-refractivity contribution < 1.29 is 19.1 Å². The molecule has 0 radical (unpaired) electrons. The van der Waals surface area contributed by atoms with Gasteiger partial charge in [0, 0.05) is 12.6 Å². The minimum absolute atomic E-state index is 0.118. The van der Waals surface area contributed by atoms with Crippen LogP contribution in [-0.4, -0.2) is 41.8 Å². The second-order valence-electron chi connectivity index (χ2n) is 5.65. The summed E-state index contributed by atoms with van der Waals surface area (Å²) in [5.74, 6) is -0.305. The van der Waals surface area contributed by atoms with E-state index in [9.17, 15) is 9.59 Å². The molecule has 0 N–H and O–H groups in total. The Kier molecular flexibility index (Phi) is 5.39. The minimum atomic E-state index is -0.520. The fourth-order valence-electron chi connectivity index (χ4n) is 2.01. The van der Waals surface area contributed by atoms with Crippen LogP contribution >= 0.6 is 0 Å². The Hall–Kier alpha value is -1.52. The first kappa shape index (κ1) is 15.5. The third-order valence-electron chi connectivity index (χ3n) is 2.77. The number of carbonyl (C=O) groups is 2. The Morgan fingerprint density at radius 1 is 1.42 bits per heavy atom. The summed E-state index contributed by atoms with van der Waals surface area (Å²) in [5, 5.41) is 0. The van der Waals surface area contributed by atoms with E-state index in [1.807, 2.05) is 20.8 Å². The van der Waals surface area contributed by atoms with Crippen LogP contribution in [-0.2, 0) is 14.3 Å². The fourth-order valence-corrected chi connectivity index (χ4v) is 2.01. The third-order valence-corrected chi connectivity index (χ3v) is 2.77. The van der Waals surface area contributed by atoms with Crippen LogP contribution in [0.5, 0.6) is 0 Å². The summed E-state index contributed by atoms with van der Waals surface area (Å²) >= 11 is 0. The molecular weight excluding hydrogens is 246 g/mol. The molecule has 1 aliphatic rings. The molecule has 0 unspecified atom stereocenters. The maximum absolute atomic E-state index is 12.0. The second kappa shape index (κ2) is 6.59. The van der Waals surface area contributed by atoms with Gasteiger partial charge in [-0.05, 0) is 33.6 Å². The topological polar surface area (TPSA) is 55.8 Å². The number of carbonyl (C=O) groups excluding carboxylic acids is 2. The number of esters is 1. The van der Waals surface area contributed by atoms with Gasteiger partial charge in [-0.15, -0.1) is 0 Å². The summed E-state index contributed by atoms with van der Waals surface area (Å²) < 4.78 is 10.3. The van der Waals surface area contributed by atoms with Crippen molar-refractivity contribution in [1.82, 2.24) is 4.90 Å². The Balaban J connectivity index is 2.51. The molecule has 1 saturated heterocycles. The molecule has 1 aliphatic heterocycles. The normalized spacial score (nSPS) is 19.1. The van der Waals surface area contributed by atoms with Crippen molar-refractivity contribution in [3.8, 4) is 0 Å². The van der Waals surface area contributed by atoms with Gasteiger partial charge in [0.15, 0.2) is 0 Å². The molecule has 1 rings (SSSR count). The van der Waals surface area contributed by atoms with Crippen LogP contribution < -0.4 is 0 Å². The van der Waals surface area contributed by atoms with Crippen molar-refractivity contribution in [2.75, 3.05) is 13.2 Å². The van der Waals surface area contributed by atoms with Gasteiger partial charge in [0.1, 0.15) is 12.2 Å². The van der Waals surface area contributed by atoms with Crippen molar-refractivity contribution in [3.05, 3.63) is 12.7 Å². The largest absolute Gasteiger partial charge is 0.461 e. The zero-order valence-electron chi connectivity index (χ0n) is 12.0. The first-order valence-electron chi connectivity index (χ1n) is 6.59. The lowest BCUT2D eigenvalue weighted by atomic mass is 10.1. The molecule has 0 saturated carbocycles. The van der Waals surface area contributed by atoms with E-state index < -0.39 is 5.60 Å². The molecule has 108 valence electrons. The zero-order chi connectivity index (χ0) is 14.5. The van der Waals surface area contributed by atoms with Gasteiger partial charge in [-0.25, -0.2) is 4.79 Å². The van der Waals surface area contributed by atoms with Gasteiger partial charge >= 0.3 is 12.1 Å². The fraction of sp³-hybridized carbons (Fsp3) is 0.714. The third kappa shape index (κ3) is 5.32. The van der Waals surface area contributed by atoms with E-state index in [1.54, 1.807) is 4.90 Å². The number of hydrogen-bond acceptors (Lipinski definition) is 4. The Morgan fingerprint density at radius 2 is 2.11 bits per heavy atom. The van der Waals surface area contributed by atoms with Gasteiger partial charge in [-0.2, -0.15) is 0 Å². The average Bonchev–Trinajstić information content (AvgIpc) is 2.72. The highest BCUT2D eigenvalue weighted by molar-refractivity contribution is 5.73. The van der Waals surface area contributed by atoms with Gasteiger partial charge in [0.25, 0.3) is 0 Å². The van der Waals surface area contributed by atoms with Crippen LogP contribution in [0.25, 0.3) is 0 Å². The van der Waals surface area contributed by atoms with Crippen molar-refractivity contribution >= 4 is 12.1 Å². The second-order valence-corrected chi connectivity index (χ2v) is 5.65. The van der Waals surface area contributed by atoms with Crippen molar-refractivity contribution in [2.24, 2.45) is 0 Å². The van der Waals surface area contributed by atoms with Crippen LogP contribution in [0.4, 0.5) is 4.79 Å². The molecule has 1 atom stereocenters.